The number of rotatable bonds is 3. The number of nitrogen functional groups attached to an aromatic ring is 1. The Morgan fingerprint density at radius 1 is 1.29 bits per heavy atom. The molecule has 0 atom stereocenters. The van der Waals surface area contributed by atoms with Crippen LogP contribution in [0.2, 0.25) is 0 Å². The molecule has 0 radical (unpaired) electrons. The van der Waals surface area contributed by atoms with Gasteiger partial charge in [-0.2, -0.15) is 4.98 Å². The molecule has 2 heterocycles. The molecule has 0 fully saturated rings. The molecule has 5 nitrogen and oxygen atoms in total. The maximum Gasteiger partial charge on any atom is 0.260 e. The monoisotopic (exact) mass is 284 g/mol. The lowest BCUT2D eigenvalue weighted by Gasteiger charge is -2.01. The second-order valence-corrected chi connectivity index (χ2v) is 4.52. The molecule has 0 amide bonds. The van der Waals surface area contributed by atoms with E-state index in [1.165, 1.54) is 18.2 Å². The molecule has 2 N–H and O–H groups in total. The summed E-state index contributed by atoms with van der Waals surface area (Å²) in [7, 11) is 0. The van der Waals surface area contributed by atoms with Gasteiger partial charge in [0.05, 0.1) is 5.56 Å². The molecule has 0 saturated heterocycles. The van der Waals surface area contributed by atoms with Crippen LogP contribution in [0, 0.1) is 5.82 Å². The normalized spacial score (nSPS) is 10.8. The zero-order valence-electron chi connectivity index (χ0n) is 11.4. The molecule has 3 rings (SSSR count). The molecule has 0 unspecified atom stereocenters. The maximum absolute atomic E-state index is 13.3. The molecule has 2 aromatic heterocycles. The van der Waals surface area contributed by atoms with Crippen molar-refractivity contribution in [3.8, 4) is 23.0 Å². The van der Waals surface area contributed by atoms with Crippen molar-refractivity contribution in [1.82, 2.24) is 15.1 Å². The SMILES string of the molecule is CCc1cccnc1-c1noc(-c2cc(F)ccc2N)n1. The fourth-order valence-corrected chi connectivity index (χ4v) is 2.07. The van der Waals surface area contributed by atoms with Gasteiger partial charge in [-0.3, -0.25) is 4.98 Å². The van der Waals surface area contributed by atoms with Crippen molar-refractivity contribution in [2.75, 3.05) is 5.73 Å². The van der Waals surface area contributed by atoms with E-state index >= 15 is 0 Å². The summed E-state index contributed by atoms with van der Waals surface area (Å²) in [6, 6.07) is 7.82. The van der Waals surface area contributed by atoms with Gasteiger partial charge in [-0.15, -0.1) is 0 Å². The third-order valence-electron chi connectivity index (χ3n) is 3.16. The van der Waals surface area contributed by atoms with Crippen LogP contribution < -0.4 is 5.73 Å². The van der Waals surface area contributed by atoms with Gasteiger partial charge in [0.25, 0.3) is 5.89 Å². The Morgan fingerprint density at radius 3 is 2.95 bits per heavy atom. The maximum atomic E-state index is 13.3. The number of nitrogens with two attached hydrogens (primary N) is 1. The number of benzene rings is 1. The lowest BCUT2D eigenvalue weighted by molar-refractivity contribution is 0.432. The van der Waals surface area contributed by atoms with Crippen molar-refractivity contribution in [3.63, 3.8) is 0 Å². The zero-order valence-corrected chi connectivity index (χ0v) is 11.4. The zero-order chi connectivity index (χ0) is 14.8. The van der Waals surface area contributed by atoms with Crippen molar-refractivity contribution >= 4 is 5.69 Å². The van der Waals surface area contributed by atoms with E-state index in [9.17, 15) is 4.39 Å². The van der Waals surface area contributed by atoms with Crippen LogP contribution in [0.4, 0.5) is 10.1 Å². The molecule has 106 valence electrons. The summed E-state index contributed by atoms with van der Waals surface area (Å²) in [4.78, 5) is 8.55. The number of aromatic nitrogens is 3. The minimum absolute atomic E-state index is 0.176. The summed E-state index contributed by atoms with van der Waals surface area (Å²) >= 11 is 0. The van der Waals surface area contributed by atoms with Crippen LogP contribution >= 0.6 is 0 Å². The summed E-state index contributed by atoms with van der Waals surface area (Å²) in [5, 5.41) is 3.92. The number of anilines is 1. The van der Waals surface area contributed by atoms with Gasteiger partial charge in [-0.1, -0.05) is 18.1 Å². The first kappa shape index (κ1) is 13.2. The van der Waals surface area contributed by atoms with Crippen LogP contribution in [-0.4, -0.2) is 15.1 Å². The van der Waals surface area contributed by atoms with Gasteiger partial charge >= 0.3 is 0 Å². The number of nitrogens with zero attached hydrogens (tertiary/aromatic N) is 3. The lowest BCUT2D eigenvalue weighted by Crippen LogP contribution is -1.93. The highest BCUT2D eigenvalue weighted by Gasteiger charge is 2.16. The van der Waals surface area contributed by atoms with E-state index in [0.29, 0.717) is 22.8 Å². The van der Waals surface area contributed by atoms with Crippen LogP contribution in [0.5, 0.6) is 0 Å². The third kappa shape index (κ3) is 2.47. The van der Waals surface area contributed by atoms with Gasteiger partial charge in [0.15, 0.2) is 0 Å². The Bertz CT molecular complexity index is 785. The van der Waals surface area contributed by atoms with E-state index in [2.05, 4.69) is 15.1 Å². The molecule has 0 aliphatic rings. The number of hydrogen-bond acceptors (Lipinski definition) is 5. The topological polar surface area (TPSA) is 77.8 Å². The summed E-state index contributed by atoms with van der Waals surface area (Å²) in [5.41, 5.74) is 8.24. The van der Waals surface area contributed by atoms with Gasteiger partial charge < -0.3 is 10.3 Å². The van der Waals surface area contributed by atoms with Gasteiger partial charge in [-0.05, 0) is 36.2 Å². The molecule has 3 aromatic rings. The first-order chi connectivity index (χ1) is 10.2. The van der Waals surface area contributed by atoms with E-state index in [1.807, 2.05) is 19.1 Å². The van der Waals surface area contributed by atoms with Crippen molar-refractivity contribution in [2.45, 2.75) is 13.3 Å². The molecular weight excluding hydrogens is 271 g/mol. The van der Waals surface area contributed by atoms with Crippen molar-refractivity contribution in [1.29, 1.82) is 0 Å². The Labute approximate surface area is 120 Å². The summed E-state index contributed by atoms with van der Waals surface area (Å²) in [6.45, 7) is 2.02. The van der Waals surface area contributed by atoms with E-state index < -0.39 is 5.82 Å². The Kier molecular flexibility index (Phi) is 3.35. The highest BCUT2D eigenvalue weighted by Crippen LogP contribution is 2.27. The summed E-state index contributed by atoms with van der Waals surface area (Å²) in [6.07, 6.45) is 2.47. The van der Waals surface area contributed by atoms with Crippen molar-refractivity contribution in [3.05, 3.63) is 47.9 Å². The van der Waals surface area contributed by atoms with Gasteiger partial charge in [0.1, 0.15) is 11.5 Å². The van der Waals surface area contributed by atoms with Gasteiger partial charge in [0, 0.05) is 11.9 Å². The predicted molar refractivity (Wildman–Crippen MR) is 76.7 cm³/mol. The average Bonchev–Trinajstić information content (AvgIpc) is 2.99. The van der Waals surface area contributed by atoms with E-state index in [-0.39, 0.29) is 5.89 Å². The second kappa shape index (κ2) is 5.32. The van der Waals surface area contributed by atoms with Crippen LogP contribution in [0.3, 0.4) is 0 Å². The van der Waals surface area contributed by atoms with Crippen LogP contribution in [0.1, 0.15) is 12.5 Å². The van der Waals surface area contributed by atoms with Gasteiger partial charge in [0.2, 0.25) is 5.82 Å². The number of halogens is 1. The fourth-order valence-electron chi connectivity index (χ4n) is 2.07. The largest absolute Gasteiger partial charge is 0.398 e. The molecule has 21 heavy (non-hydrogen) atoms. The highest BCUT2D eigenvalue weighted by atomic mass is 19.1. The van der Waals surface area contributed by atoms with Gasteiger partial charge in [-0.25, -0.2) is 4.39 Å². The molecule has 0 spiro atoms. The summed E-state index contributed by atoms with van der Waals surface area (Å²) in [5.74, 6) is 0.131. The minimum Gasteiger partial charge on any atom is -0.398 e. The first-order valence-electron chi connectivity index (χ1n) is 6.52. The Hall–Kier alpha value is -2.76. The van der Waals surface area contributed by atoms with E-state index in [4.69, 9.17) is 10.3 Å². The lowest BCUT2D eigenvalue weighted by atomic mass is 10.1. The highest BCUT2D eigenvalue weighted by molar-refractivity contribution is 5.71. The predicted octanol–water partition coefficient (Wildman–Crippen LogP) is 3.08. The van der Waals surface area contributed by atoms with E-state index in [1.54, 1.807) is 6.20 Å². The number of pyridine rings is 1. The Morgan fingerprint density at radius 2 is 2.14 bits per heavy atom. The molecule has 0 bridgehead atoms. The van der Waals surface area contributed by atoms with E-state index in [0.717, 1.165) is 12.0 Å². The van der Waals surface area contributed by atoms with Crippen LogP contribution in [0.25, 0.3) is 23.0 Å². The number of hydrogen-bond donors (Lipinski definition) is 1. The molecule has 1 aromatic carbocycles. The molecule has 0 saturated carbocycles. The molecule has 0 aliphatic carbocycles. The molecule has 0 aliphatic heterocycles. The summed E-state index contributed by atoms with van der Waals surface area (Å²) < 4.78 is 18.5. The molecular formula is C15H13FN4O. The minimum atomic E-state index is -0.411. The van der Waals surface area contributed by atoms with Crippen molar-refractivity contribution in [2.24, 2.45) is 0 Å². The second-order valence-electron chi connectivity index (χ2n) is 4.52. The van der Waals surface area contributed by atoms with Crippen molar-refractivity contribution < 1.29 is 8.91 Å². The average molecular weight is 284 g/mol. The molecule has 6 heteroatoms. The smallest absolute Gasteiger partial charge is 0.260 e. The fraction of sp³-hybridized carbons (Fsp3) is 0.133. The Balaban J connectivity index is 2.06. The third-order valence-corrected chi connectivity index (χ3v) is 3.16. The van der Waals surface area contributed by atoms with Crippen LogP contribution in [0.15, 0.2) is 41.1 Å². The van der Waals surface area contributed by atoms with Crippen LogP contribution in [-0.2, 0) is 6.42 Å². The number of aryl methyl sites for hydroxylation is 1. The quantitative estimate of drug-likeness (QED) is 0.748. The first-order valence-corrected chi connectivity index (χ1v) is 6.52. The standard InChI is InChI=1S/C15H13FN4O/c1-2-9-4-3-7-18-13(9)14-19-15(21-20-14)11-8-10(16)5-6-12(11)17/h3-8H,2,17H2,1H3.